The van der Waals surface area contributed by atoms with E-state index in [2.05, 4.69) is 10.6 Å². The van der Waals surface area contributed by atoms with Crippen LogP contribution in [0.2, 0.25) is 4.34 Å². The molecule has 1 atom stereocenters. The van der Waals surface area contributed by atoms with Gasteiger partial charge in [-0.2, -0.15) is 0 Å². The predicted molar refractivity (Wildman–Crippen MR) is 58.6 cm³/mol. The summed E-state index contributed by atoms with van der Waals surface area (Å²) in [5.74, 6) is -1.10. The van der Waals surface area contributed by atoms with Gasteiger partial charge in [-0.05, 0) is 18.4 Å². The lowest BCUT2D eigenvalue weighted by atomic mass is 10.3. The van der Waals surface area contributed by atoms with Gasteiger partial charge in [0.05, 0.1) is 5.69 Å². The SMILES string of the molecule is CC(NC(=O)Nc1ccsc1Cl)C(=O)O. The van der Waals surface area contributed by atoms with E-state index in [1.165, 1.54) is 18.3 Å². The Labute approximate surface area is 95.1 Å². The van der Waals surface area contributed by atoms with Crippen LogP contribution in [0.4, 0.5) is 10.5 Å². The van der Waals surface area contributed by atoms with Crippen LogP contribution in [-0.4, -0.2) is 23.1 Å². The van der Waals surface area contributed by atoms with Crippen LogP contribution in [0.1, 0.15) is 6.92 Å². The van der Waals surface area contributed by atoms with Gasteiger partial charge in [-0.15, -0.1) is 11.3 Å². The summed E-state index contributed by atoms with van der Waals surface area (Å²) in [7, 11) is 0. The largest absolute Gasteiger partial charge is 0.480 e. The van der Waals surface area contributed by atoms with E-state index in [1.807, 2.05) is 0 Å². The summed E-state index contributed by atoms with van der Waals surface area (Å²) in [5.41, 5.74) is 0.469. The number of thiophene rings is 1. The van der Waals surface area contributed by atoms with Crippen molar-refractivity contribution in [2.24, 2.45) is 0 Å². The van der Waals surface area contributed by atoms with E-state index in [9.17, 15) is 9.59 Å². The van der Waals surface area contributed by atoms with Gasteiger partial charge >= 0.3 is 12.0 Å². The number of rotatable bonds is 3. The Morgan fingerprint density at radius 1 is 1.60 bits per heavy atom. The number of aliphatic carboxylic acids is 1. The number of anilines is 1. The molecule has 1 aromatic heterocycles. The average molecular weight is 249 g/mol. The minimum Gasteiger partial charge on any atom is -0.480 e. The second-order valence-electron chi connectivity index (χ2n) is 2.77. The van der Waals surface area contributed by atoms with Gasteiger partial charge in [0.15, 0.2) is 0 Å². The van der Waals surface area contributed by atoms with E-state index in [0.717, 1.165) is 0 Å². The molecule has 82 valence electrons. The fourth-order valence-electron chi connectivity index (χ4n) is 0.798. The summed E-state index contributed by atoms with van der Waals surface area (Å²) >= 11 is 7.02. The Kier molecular flexibility index (Phi) is 3.93. The zero-order chi connectivity index (χ0) is 11.4. The van der Waals surface area contributed by atoms with Gasteiger partial charge in [-0.25, -0.2) is 4.79 Å². The molecule has 0 saturated heterocycles. The van der Waals surface area contributed by atoms with Crippen molar-refractivity contribution in [2.75, 3.05) is 5.32 Å². The molecule has 0 aliphatic heterocycles. The smallest absolute Gasteiger partial charge is 0.325 e. The van der Waals surface area contributed by atoms with Crippen LogP contribution in [0.15, 0.2) is 11.4 Å². The highest BCUT2D eigenvalue weighted by atomic mass is 35.5. The Bertz CT molecular complexity index is 380. The lowest BCUT2D eigenvalue weighted by Gasteiger charge is -2.09. The van der Waals surface area contributed by atoms with Crippen molar-refractivity contribution in [1.29, 1.82) is 0 Å². The molecule has 0 aliphatic carbocycles. The lowest BCUT2D eigenvalue weighted by Crippen LogP contribution is -2.40. The highest BCUT2D eigenvalue weighted by molar-refractivity contribution is 7.15. The second kappa shape index (κ2) is 4.99. The molecule has 0 spiro atoms. The molecule has 3 N–H and O–H groups in total. The van der Waals surface area contributed by atoms with Gasteiger partial charge in [0.25, 0.3) is 0 Å². The molecule has 0 radical (unpaired) electrons. The molecule has 1 rings (SSSR count). The maximum absolute atomic E-state index is 11.2. The summed E-state index contributed by atoms with van der Waals surface area (Å²) in [5, 5.41) is 14.9. The molecule has 0 aliphatic rings. The predicted octanol–water partition coefficient (Wildman–Crippen LogP) is 2.00. The maximum atomic E-state index is 11.2. The number of carbonyl (C=O) groups excluding carboxylic acids is 1. The number of halogens is 1. The number of carboxylic acids is 1. The van der Waals surface area contributed by atoms with E-state index in [0.29, 0.717) is 10.0 Å². The molecule has 0 fully saturated rings. The highest BCUT2D eigenvalue weighted by Crippen LogP contribution is 2.27. The third-order valence-corrected chi connectivity index (χ3v) is 2.75. The molecule has 1 unspecified atom stereocenters. The van der Waals surface area contributed by atoms with Crippen LogP contribution in [-0.2, 0) is 4.79 Å². The van der Waals surface area contributed by atoms with E-state index in [4.69, 9.17) is 16.7 Å². The molecule has 1 aromatic rings. The Morgan fingerprint density at radius 3 is 2.73 bits per heavy atom. The average Bonchev–Trinajstić information content (AvgIpc) is 2.51. The third-order valence-electron chi connectivity index (χ3n) is 1.58. The van der Waals surface area contributed by atoms with Crippen molar-refractivity contribution < 1.29 is 14.7 Å². The van der Waals surface area contributed by atoms with Gasteiger partial charge < -0.3 is 15.7 Å². The molecule has 0 saturated carbocycles. The van der Waals surface area contributed by atoms with E-state index < -0.39 is 18.0 Å². The number of nitrogens with one attached hydrogen (secondary N) is 2. The van der Waals surface area contributed by atoms with Gasteiger partial charge in [0, 0.05) is 0 Å². The topological polar surface area (TPSA) is 78.4 Å². The lowest BCUT2D eigenvalue weighted by molar-refractivity contribution is -0.138. The minimum absolute atomic E-state index is 0.452. The van der Waals surface area contributed by atoms with Crippen molar-refractivity contribution in [2.45, 2.75) is 13.0 Å². The quantitative estimate of drug-likeness (QED) is 0.766. The molecular weight excluding hydrogens is 240 g/mol. The maximum Gasteiger partial charge on any atom is 0.325 e. The van der Waals surface area contributed by atoms with Crippen molar-refractivity contribution in [1.82, 2.24) is 5.32 Å². The fraction of sp³-hybridized carbons (Fsp3) is 0.250. The Hall–Kier alpha value is -1.27. The highest BCUT2D eigenvalue weighted by Gasteiger charge is 2.14. The van der Waals surface area contributed by atoms with Gasteiger partial charge in [-0.1, -0.05) is 11.6 Å². The van der Waals surface area contributed by atoms with Crippen LogP contribution in [0.3, 0.4) is 0 Å². The summed E-state index contributed by atoms with van der Waals surface area (Å²) in [6.45, 7) is 1.37. The van der Waals surface area contributed by atoms with Crippen LogP contribution in [0.5, 0.6) is 0 Å². The standard InChI is InChI=1S/C8H9ClN2O3S/c1-4(7(12)13)10-8(14)11-5-2-3-15-6(5)9/h2-4H,1H3,(H,12,13)(H2,10,11,14). The van der Waals surface area contributed by atoms with Crippen molar-refractivity contribution in [3.05, 3.63) is 15.8 Å². The minimum atomic E-state index is -1.10. The van der Waals surface area contributed by atoms with Crippen LogP contribution in [0.25, 0.3) is 0 Å². The number of amides is 2. The zero-order valence-electron chi connectivity index (χ0n) is 7.78. The van der Waals surface area contributed by atoms with Crippen molar-refractivity contribution >= 4 is 40.6 Å². The first-order valence-corrected chi connectivity index (χ1v) is 5.29. The van der Waals surface area contributed by atoms with E-state index >= 15 is 0 Å². The number of hydrogen-bond acceptors (Lipinski definition) is 3. The number of urea groups is 1. The summed E-state index contributed by atoms with van der Waals surface area (Å²) in [6, 6.07) is 0.102. The van der Waals surface area contributed by atoms with Gasteiger partial charge in [0.1, 0.15) is 10.4 Å². The first-order chi connectivity index (χ1) is 7.00. The van der Waals surface area contributed by atoms with Crippen molar-refractivity contribution in [3.63, 3.8) is 0 Å². The third kappa shape index (κ3) is 3.41. The molecule has 7 heteroatoms. The van der Waals surface area contributed by atoms with Gasteiger partial charge in [-0.3, -0.25) is 4.79 Å². The number of hydrogen-bond donors (Lipinski definition) is 3. The van der Waals surface area contributed by atoms with Crippen molar-refractivity contribution in [3.8, 4) is 0 Å². The fourth-order valence-corrected chi connectivity index (χ4v) is 1.63. The molecular formula is C8H9ClN2O3S. The Balaban J connectivity index is 2.50. The molecule has 0 bridgehead atoms. The summed E-state index contributed by atoms with van der Waals surface area (Å²) in [6.07, 6.45) is 0. The molecule has 1 heterocycles. The van der Waals surface area contributed by atoms with Crippen LogP contribution >= 0.6 is 22.9 Å². The van der Waals surface area contributed by atoms with Crippen LogP contribution < -0.4 is 10.6 Å². The number of carbonyl (C=O) groups is 2. The second-order valence-corrected chi connectivity index (χ2v) is 4.28. The molecule has 15 heavy (non-hydrogen) atoms. The molecule has 5 nitrogen and oxygen atoms in total. The molecule has 2 amide bonds. The van der Waals surface area contributed by atoms with Gasteiger partial charge in [0.2, 0.25) is 0 Å². The first-order valence-electron chi connectivity index (χ1n) is 4.04. The number of carboxylic acid groups (broad SMARTS) is 1. The van der Waals surface area contributed by atoms with E-state index in [-0.39, 0.29) is 0 Å². The summed E-state index contributed by atoms with van der Waals surface area (Å²) in [4.78, 5) is 21.7. The van der Waals surface area contributed by atoms with E-state index in [1.54, 1.807) is 11.4 Å². The Morgan fingerprint density at radius 2 is 2.27 bits per heavy atom. The zero-order valence-corrected chi connectivity index (χ0v) is 9.35. The monoisotopic (exact) mass is 248 g/mol. The molecule has 0 aromatic carbocycles. The first kappa shape index (κ1) is 11.8. The van der Waals surface area contributed by atoms with Crippen LogP contribution in [0, 0.1) is 0 Å². The normalized spacial score (nSPS) is 11.9. The summed E-state index contributed by atoms with van der Waals surface area (Å²) < 4.78 is 0.452.